The molecular weight excluding hydrogens is 446 g/mol. The molecule has 0 bridgehead atoms. The van der Waals surface area contributed by atoms with Crippen molar-refractivity contribution in [1.82, 2.24) is 10.3 Å². The molecule has 2 heterocycles. The van der Waals surface area contributed by atoms with Gasteiger partial charge in [-0.3, -0.25) is 4.79 Å². The lowest BCUT2D eigenvalue weighted by Crippen LogP contribution is -2.45. The van der Waals surface area contributed by atoms with Gasteiger partial charge in [0.2, 0.25) is 5.88 Å². The number of aromatic nitrogens is 1. The van der Waals surface area contributed by atoms with Crippen LogP contribution >= 0.6 is 0 Å². The van der Waals surface area contributed by atoms with E-state index >= 15 is 0 Å². The van der Waals surface area contributed by atoms with Gasteiger partial charge in [-0.1, -0.05) is 48.5 Å². The van der Waals surface area contributed by atoms with E-state index in [1.165, 1.54) is 7.11 Å². The lowest BCUT2D eigenvalue weighted by molar-refractivity contribution is -0.148. The molecule has 0 spiro atoms. The Labute approximate surface area is 204 Å². The van der Waals surface area contributed by atoms with Gasteiger partial charge in [0.1, 0.15) is 18.3 Å². The number of ether oxygens (including phenoxy) is 3. The van der Waals surface area contributed by atoms with Crippen LogP contribution in [0.15, 0.2) is 77.9 Å². The van der Waals surface area contributed by atoms with Crippen LogP contribution in [0.1, 0.15) is 29.2 Å². The van der Waals surface area contributed by atoms with Crippen molar-refractivity contribution in [2.45, 2.75) is 25.5 Å². The second kappa shape index (κ2) is 11.3. The number of hydrogen-bond acceptors (Lipinski definition) is 6. The number of rotatable bonds is 9. The summed E-state index contributed by atoms with van der Waals surface area (Å²) in [6.07, 6.45) is 2.58. The van der Waals surface area contributed by atoms with Crippen LogP contribution in [0.25, 0.3) is 0 Å². The van der Waals surface area contributed by atoms with Gasteiger partial charge in [0.15, 0.2) is 0 Å². The zero-order valence-corrected chi connectivity index (χ0v) is 19.6. The quantitative estimate of drug-likeness (QED) is 0.466. The van der Waals surface area contributed by atoms with Gasteiger partial charge < -0.3 is 19.5 Å². The number of nitrogens with one attached hydrogen (secondary N) is 1. The summed E-state index contributed by atoms with van der Waals surface area (Å²) in [5, 5.41) is 2.82. The van der Waals surface area contributed by atoms with Gasteiger partial charge in [0.05, 0.1) is 20.3 Å². The maximum atomic E-state index is 13.4. The molecule has 1 aliphatic rings. The summed E-state index contributed by atoms with van der Waals surface area (Å²) in [5.74, 6) is -0.0749. The van der Waals surface area contributed by atoms with Crippen molar-refractivity contribution in [1.29, 1.82) is 0 Å². The molecule has 0 radical (unpaired) electrons. The first kappa shape index (κ1) is 23.9. The third kappa shape index (κ3) is 6.03. The standard InChI is InChI=1S/C27H27N3O5/c1-33-21-10-6-9-18(15-21)11-13-22-24(26(31)35-17-19-7-4-3-5-8-19)25(30-27(32)29-22)20-12-14-23(34-2)28-16-20/h3-10,12,14-16,24-25H,11,13,17H2,1-2H3,(H,30,32). The highest BCUT2D eigenvalue weighted by atomic mass is 16.5. The van der Waals surface area contributed by atoms with Crippen molar-refractivity contribution >= 4 is 17.7 Å². The Bertz CT molecular complexity index is 1190. The molecule has 2 unspecified atom stereocenters. The number of benzene rings is 2. The number of esters is 1. The highest BCUT2D eigenvalue weighted by Gasteiger charge is 2.39. The van der Waals surface area contributed by atoms with Crippen LogP contribution in [-0.2, 0) is 22.6 Å². The number of carbonyl (C=O) groups excluding carboxylic acids is 2. The number of amides is 2. The molecule has 1 N–H and O–H groups in total. The molecular formula is C27H27N3O5. The molecule has 1 aliphatic heterocycles. The van der Waals surface area contributed by atoms with E-state index in [4.69, 9.17) is 14.2 Å². The monoisotopic (exact) mass is 473 g/mol. The fourth-order valence-electron chi connectivity index (χ4n) is 4.02. The molecule has 35 heavy (non-hydrogen) atoms. The van der Waals surface area contributed by atoms with Crippen molar-refractivity contribution in [3.63, 3.8) is 0 Å². The average Bonchev–Trinajstić information content (AvgIpc) is 2.91. The summed E-state index contributed by atoms with van der Waals surface area (Å²) < 4.78 is 16.1. The smallest absolute Gasteiger partial charge is 0.341 e. The summed E-state index contributed by atoms with van der Waals surface area (Å²) in [6.45, 7) is 0.126. The molecule has 4 rings (SSSR count). The number of methoxy groups -OCH3 is 2. The molecule has 180 valence electrons. The van der Waals surface area contributed by atoms with Gasteiger partial charge in [-0.2, -0.15) is 0 Å². The second-order valence-electron chi connectivity index (χ2n) is 8.09. The van der Waals surface area contributed by atoms with Crippen molar-refractivity contribution in [2.24, 2.45) is 10.9 Å². The largest absolute Gasteiger partial charge is 0.497 e. The van der Waals surface area contributed by atoms with Gasteiger partial charge >= 0.3 is 12.0 Å². The summed E-state index contributed by atoms with van der Waals surface area (Å²) >= 11 is 0. The molecule has 0 fully saturated rings. The number of urea groups is 1. The Balaban J connectivity index is 1.60. The maximum Gasteiger partial charge on any atom is 0.341 e. The topological polar surface area (TPSA) is 99.1 Å². The third-order valence-corrected chi connectivity index (χ3v) is 5.83. The summed E-state index contributed by atoms with van der Waals surface area (Å²) in [7, 11) is 3.14. The minimum atomic E-state index is -0.794. The first-order valence-corrected chi connectivity index (χ1v) is 11.3. The van der Waals surface area contributed by atoms with Gasteiger partial charge in [0, 0.05) is 18.0 Å². The lowest BCUT2D eigenvalue weighted by Gasteiger charge is -2.31. The fourth-order valence-corrected chi connectivity index (χ4v) is 4.02. The van der Waals surface area contributed by atoms with Crippen LogP contribution in [0.4, 0.5) is 4.79 Å². The predicted molar refractivity (Wildman–Crippen MR) is 131 cm³/mol. The Morgan fingerprint density at radius 1 is 0.943 bits per heavy atom. The van der Waals surface area contributed by atoms with E-state index in [1.54, 1.807) is 25.4 Å². The summed E-state index contributed by atoms with van der Waals surface area (Å²) in [5.41, 5.74) is 3.01. The van der Waals surface area contributed by atoms with Gasteiger partial charge in [-0.05, 0) is 41.7 Å². The molecule has 2 amide bonds. The molecule has 2 atom stereocenters. The number of nitrogens with zero attached hydrogens (tertiary/aromatic N) is 2. The zero-order chi connectivity index (χ0) is 24.6. The molecule has 0 saturated heterocycles. The van der Waals surface area contributed by atoms with Crippen LogP contribution in [0.2, 0.25) is 0 Å². The Morgan fingerprint density at radius 3 is 2.46 bits per heavy atom. The molecule has 8 heteroatoms. The van der Waals surface area contributed by atoms with Crippen LogP contribution in [0, 0.1) is 5.92 Å². The lowest BCUT2D eigenvalue weighted by atomic mass is 9.85. The Kier molecular flexibility index (Phi) is 7.72. The fraction of sp³-hybridized carbons (Fsp3) is 0.259. The minimum Gasteiger partial charge on any atom is -0.497 e. The third-order valence-electron chi connectivity index (χ3n) is 5.83. The summed E-state index contributed by atoms with van der Waals surface area (Å²) in [4.78, 5) is 34.4. The summed E-state index contributed by atoms with van der Waals surface area (Å²) in [6, 6.07) is 19.4. The van der Waals surface area contributed by atoms with E-state index in [1.807, 2.05) is 54.6 Å². The first-order valence-electron chi connectivity index (χ1n) is 11.3. The zero-order valence-electron chi connectivity index (χ0n) is 19.6. The van der Waals surface area contributed by atoms with Crippen LogP contribution < -0.4 is 14.8 Å². The number of carbonyl (C=O) groups is 2. The van der Waals surface area contributed by atoms with E-state index in [0.717, 1.165) is 16.9 Å². The number of aliphatic imine (C=N–C) groups is 1. The SMILES string of the molecule is COc1cccc(CCC2=NC(=O)NC(c3ccc(OC)nc3)C2C(=O)OCc2ccccc2)c1. The van der Waals surface area contributed by atoms with Crippen LogP contribution in [0.3, 0.4) is 0 Å². The normalized spacial score (nSPS) is 17.2. The molecule has 0 aliphatic carbocycles. The highest BCUT2D eigenvalue weighted by molar-refractivity contribution is 6.09. The molecule has 3 aromatic rings. The Hall–Kier alpha value is -4.20. The van der Waals surface area contributed by atoms with E-state index in [9.17, 15) is 9.59 Å². The van der Waals surface area contributed by atoms with Crippen molar-refractivity contribution < 1.29 is 23.8 Å². The van der Waals surface area contributed by atoms with Gasteiger partial charge in [-0.25, -0.2) is 14.8 Å². The van der Waals surface area contributed by atoms with Gasteiger partial charge in [-0.15, -0.1) is 0 Å². The van der Waals surface area contributed by atoms with Gasteiger partial charge in [0.25, 0.3) is 0 Å². The molecule has 8 nitrogen and oxygen atoms in total. The molecule has 1 aromatic heterocycles. The van der Waals surface area contributed by atoms with E-state index < -0.39 is 24.0 Å². The highest BCUT2D eigenvalue weighted by Crippen LogP contribution is 2.30. The van der Waals surface area contributed by atoms with E-state index in [2.05, 4.69) is 15.3 Å². The predicted octanol–water partition coefficient (Wildman–Crippen LogP) is 4.30. The maximum absolute atomic E-state index is 13.4. The van der Waals surface area contributed by atoms with E-state index in [-0.39, 0.29) is 6.61 Å². The number of pyridine rings is 1. The minimum absolute atomic E-state index is 0.126. The van der Waals surface area contributed by atoms with Crippen molar-refractivity contribution in [3.05, 3.63) is 89.6 Å². The number of aryl methyl sites for hydroxylation is 1. The molecule has 2 aromatic carbocycles. The van der Waals surface area contributed by atoms with Crippen LogP contribution in [0.5, 0.6) is 11.6 Å². The Morgan fingerprint density at radius 2 is 1.74 bits per heavy atom. The molecule has 0 saturated carbocycles. The van der Waals surface area contributed by atoms with Crippen LogP contribution in [-0.4, -0.2) is 36.9 Å². The second-order valence-corrected chi connectivity index (χ2v) is 8.09. The number of hydrogen-bond donors (Lipinski definition) is 1. The first-order chi connectivity index (χ1) is 17.1. The average molecular weight is 474 g/mol. The van der Waals surface area contributed by atoms with Crippen molar-refractivity contribution in [2.75, 3.05) is 14.2 Å². The van der Waals surface area contributed by atoms with Crippen molar-refractivity contribution in [3.8, 4) is 11.6 Å². The van der Waals surface area contributed by atoms with E-state index in [0.29, 0.717) is 30.0 Å².